The molecule has 0 spiro atoms. The molecule has 1 unspecified atom stereocenters. The summed E-state index contributed by atoms with van der Waals surface area (Å²) in [6, 6.07) is 14.9. The Morgan fingerprint density at radius 2 is 2.06 bits per heavy atom. The predicted octanol–water partition coefficient (Wildman–Crippen LogP) is 3.49. The van der Waals surface area contributed by atoms with E-state index in [0.717, 1.165) is 12.1 Å². The van der Waals surface area contributed by atoms with Crippen LogP contribution < -0.4 is 10.1 Å². The molecule has 2 aromatic carbocycles. The number of aromatic nitrogens is 2. The molecular weight excluding hydrogens is 420 g/mol. The molecule has 1 atom stereocenters. The molecule has 1 amide bonds. The average molecular weight is 443 g/mol. The van der Waals surface area contributed by atoms with Crippen LogP contribution in [0.3, 0.4) is 0 Å². The molecule has 0 radical (unpaired) electrons. The fraction of sp³-hybridized carbons (Fsp3) is 0.318. The Hall–Kier alpha value is -2.94. The van der Waals surface area contributed by atoms with E-state index in [-0.39, 0.29) is 18.4 Å². The number of hydrogen-bond donors (Lipinski definition) is 1. The largest absolute Gasteiger partial charge is 0.495 e. The van der Waals surface area contributed by atoms with Gasteiger partial charge in [0.2, 0.25) is 11.8 Å². The van der Waals surface area contributed by atoms with Crippen molar-refractivity contribution in [2.24, 2.45) is 0 Å². The zero-order valence-electron chi connectivity index (χ0n) is 17.1. The van der Waals surface area contributed by atoms with E-state index in [0.29, 0.717) is 47.9 Å². The number of carbonyl (C=O) groups is 1. The third-order valence-electron chi connectivity index (χ3n) is 4.96. The van der Waals surface area contributed by atoms with Crippen molar-refractivity contribution in [1.29, 1.82) is 0 Å². The second kappa shape index (κ2) is 9.91. The van der Waals surface area contributed by atoms with Crippen LogP contribution in [0.25, 0.3) is 0 Å². The van der Waals surface area contributed by atoms with Gasteiger partial charge in [0.15, 0.2) is 5.82 Å². The highest BCUT2D eigenvalue weighted by Gasteiger charge is 2.24. The molecule has 1 aliphatic heterocycles. The van der Waals surface area contributed by atoms with Crippen molar-refractivity contribution in [1.82, 2.24) is 15.0 Å². The maximum absolute atomic E-state index is 12.3. The Labute approximate surface area is 185 Å². The van der Waals surface area contributed by atoms with Crippen molar-refractivity contribution >= 4 is 23.2 Å². The fourth-order valence-corrected chi connectivity index (χ4v) is 3.55. The van der Waals surface area contributed by atoms with E-state index in [9.17, 15) is 4.79 Å². The summed E-state index contributed by atoms with van der Waals surface area (Å²) >= 11 is 5.97. The summed E-state index contributed by atoms with van der Waals surface area (Å²) in [5.74, 6) is 1.15. The number of ether oxygens (including phenoxy) is 2. The number of halogens is 1. The van der Waals surface area contributed by atoms with E-state index >= 15 is 0 Å². The highest BCUT2D eigenvalue weighted by atomic mass is 35.5. The van der Waals surface area contributed by atoms with Crippen molar-refractivity contribution in [3.8, 4) is 5.75 Å². The maximum atomic E-state index is 12.3. The van der Waals surface area contributed by atoms with E-state index in [4.69, 9.17) is 25.6 Å². The van der Waals surface area contributed by atoms with Gasteiger partial charge in [0.25, 0.3) is 0 Å². The summed E-state index contributed by atoms with van der Waals surface area (Å²) < 4.78 is 16.5. The van der Waals surface area contributed by atoms with Crippen LogP contribution >= 0.6 is 11.6 Å². The minimum absolute atomic E-state index is 0.0120. The van der Waals surface area contributed by atoms with Crippen LogP contribution in [-0.2, 0) is 22.5 Å². The Kier molecular flexibility index (Phi) is 6.81. The lowest BCUT2D eigenvalue weighted by Gasteiger charge is -2.32. The molecule has 1 saturated heterocycles. The van der Waals surface area contributed by atoms with Crippen molar-refractivity contribution in [3.05, 3.63) is 70.8 Å². The lowest BCUT2D eigenvalue weighted by Crippen LogP contribution is -2.37. The first kappa shape index (κ1) is 21.3. The normalized spacial score (nSPS) is 16.8. The summed E-state index contributed by atoms with van der Waals surface area (Å²) in [5.41, 5.74) is 1.67. The summed E-state index contributed by atoms with van der Waals surface area (Å²) in [6.45, 7) is 2.56. The van der Waals surface area contributed by atoms with Gasteiger partial charge in [0.1, 0.15) is 5.75 Å². The van der Waals surface area contributed by atoms with E-state index in [1.54, 1.807) is 19.2 Å². The molecule has 1 fully saturated rings. The first-order valence-electron chi connectivity index (χ1n) is 9.94. The third kappa shape index (κ3) is 5.61. The quantitative estimate of drug-likeness (QED) is 0.599. The number of benzene rings is 2. The van der Waals surface area contributed by atoms with Crippen LogP contribution in [0.2, 0.25) is 5.02 Å². The molecule has 0 saturated carbocycles. The van der Waals surface area contributed by atoms with Gasteiger partial charge in [-0.1, -0.05) is 41.0 Å². The minimum atomic E-state index is -0.244. The molecule has 1 aromatic heterocycles. The van der Waals surface area contributed by atoms with Gasteiger partial charge in [-0.2, -0.15) is 4.98 Å². The lowest BCUT2D eigenvalue weighted by atomic mass is 10.1. The van der Waals surface area contributed by atoms with Gasteiger partial charge >= 0.3 is 0 Å². The second-order valence-electron chi connectivity index (χ2n) is 7.18. The number of methoxy groups -OCH3 is 1. The number of morpholine rings is 1. The molecule has 3 aromatic rings. The monoisotopic (exact) mass is 442 g/mol. The molecule has 1 N–H and O–H groups in total. The summed E-state index contributed by atoms with van der Waals surface area (Å²) in [7, 11) is 1.56. The summed E-state index contributed by atoms with van der Waals surface area (Å²) in [5, 5.41) is 7.45. The standard InChI is InChI=1S/C22H23ClN4O4/c1-29-18-5-3-2-4-17(18)24-21(28)12-20-25-22(31-26-20)14-27-10-11-30-19(13-27)15-6-8-16(23)9-7-15/h2-9,19H,10-14H2,1H3,(H,24,28). The van der Waals surface area contributed by atoms with Crippen LogP contribution in [0.1, 0.15) is 23.4 Å². The number of hydrogen-bond acceptors (Lipinski definition) is 7. The minimum Gasteiger partial charge on any atom is -0.495 e. The maximum Gasteiger partial charge on any atom is 0.240 e. The van der Waals surface area contributed by atoms with Gasteiger partial charge in [-0.15, -0.1) is 0 Å². The zero-order chi connectivity index (χ0) is 21.6. The number of carbonyl (C=O) groups excluding carboxylic acids is 1. The first-order chi connectivity index (χ1) is 15.1. The van der Waals surface area contributed by atoms with E-state index in [1.807, 2.05) is 36.4 Å². The van der Waals surface area contributed by atoms with E-state index in [2.05, 4.69) is 20.4 Å². The van der Waals surface area contributed by atoms with Crippen molar-refractivity contribution in [3.63, 3.8) is 0 Å². The molecule has 0 bridgehead atoms. The average Bonchev–Trinajstić information content (AvgIpc) is 3.21. The Balaban J connectivity index is 1.32. The first-order valence-corrected chi connectivity index (χ1v) is 10.3. The molecule has 9 heteroatoms. The molecule has 2 heterocycles. The Morgan fingerprint density at radius 1 is 1.26 bits per heavy atom. The van der Waals surface area contributed by atoms with Crippen LogP contribution in [-0.4, -0.2) is 47.8 Å². The number of nitrogens with one attached hydrogen (secondary N) is 1. The van der Waals surface area contributed by atoms with Gasteiger partial charge in [-0.3, -0.25) is 9.69 Å². The predicted molar refractivity (Wildman–Crippen MR) is 115 cm³/mol. The van der Waals surface area contributed by atoms with Crippen molar-refractivity contribution in [2.45, 2.75) is 19.1 Å². The second-order valence-corrected chi connectivity index (χ2v) is 7.61. The van der Waals surface area contributed by atoms with Crippen LogP contribution in [0.5, 0.6) is 5.75 Å². The third-order valence-corrected chi connectivity index (χ3v) is 5.21. The highest BCUT2D eigenvalue weighted by molar-refractivity contribution is 6.30. The van der Waals surface area contributed by atoms with E-state index < -0.39 is 0 Å². The summed E-state index contributed by atoms with van der Waals surface area (Å²) in [6.07, 6.45) is -0.0297. The molecule has 4 rings (SSSR count). The smallest absolute Gasteiger partial charge is 0.240 e. The SMILES string of the molecule is COc1ccccc1NC(=O)Cc1noc(CN2CCOC(c3ccc(Cl)cc3)C2)n1. The molecular formula is C22H23ClN4O4. The molecule has 31 heavy (non-hydrogen) atoms. The van der Waals surface area contributed by atoms with Gasteiger partial charge in [0, 0.05) is 18.1 Å². The van der Waals surface area contributed by atoms with Crippen molar-refractivity contribution < 1.29 is 18.8 Å². The van der Waals surface area contributed by atoms with Crippen LogP contribution in [0, 0.1) is 0 Å². The number of para-hydroxylation sites is 2. The summed E-state index contributed by atoms with van der Waals surface area (Å²) in [4.78, 5) is 18.9. The Bertz CT molecular complexity index is 1020. The van der Waals surface area contributed by atoms with E-state index in [1.165, 1.54) is 0 Å². The molecule has 1 aliphatic rings. The fourth-order valence-electron chi connectivity index (χ4n) is 3.43. The molecule has 8 nitrogen and oxygen atoms in total. The number of amides is 1. The highest BCUT2D eigenvalue weighted by Crippen LogP contribution is 2.25. The van der Waals surface area contributed by atoms with Crippen molar-refractivity contribution in [2.75, 3.05) is 32.1 Å². The molecule has 0 aliphatic carbocycles. The molecule has 162 valence electrons. The van der Waals surface area contributed by atoms with Gasteiger partial charge < -0.3 is 19.3 Å². The van der Waals surface area contributed by atoms with Gasteiger partial charge in [-0.25, -0.2) is 0 Å². The lowest BCUT2D eigenvalue weighted by molar-refractivity contribution is -0.115. The van der Waals surface area contributed by atoms with Gasteiger partial charge in [0.05, 0.1) is 38.5 Å². The topological polar surface area (TPSA) is 89.7 Å². The van der Waals surface area contributed by atoms with Crippen LogP contribution in [0.15, 0.2) is 53.1 Å². The number of nitrogens with zero attached hydrogens (tertiary/aromatic N) is 3. The zero-order valence-corrected chi connectivity index (χ0v) is 17.8. The van der Waals surface area contributed by atoms with Gasteiger partial charge in [-0.05, 0) is 29.8 Å². The number of rotatable bonds is 7. The van der Waals surface area contributed by atoms with Crippen LogP contribution in [0.4, 0.5) is 5.69 Å². The Morgan fingerprint density at radius 3 is 2.87 bits per heavy atom. The number of anilines is 1.